The molecule has 0 aliphatic carbocycles. The van der Waals surface area contributed by atoms with Crippen LogP contribution in [0.25, 0.3) is 10.8 Å². The topological polar surface area (TPSA) is 41.1 Å². The number of rotatable bonds is 5. The molecule has 0 fully saturated rings. The minimum Gasteiger partial charge on any atom is -0.376 e. The average Bonchev–Trinajstić information content (AvgIpc) is 2.44. The van der Waals surface area contributed by atoms with E-state index in [2.05, 4.69) is 35.8 Å². The lowest BCUT2D eigenvalue weighted by Crippen LogP contribution is -2.36. The number of anilines is 1. The number of hydrogen-bond acceptors (Lipinski definition) is 2. The molecule has 0 bridgehead atoms. The fourth-order valence-electron chi connectivity index (χ4n) is 1.98. The average molecular weight is 256 g/mol. The molecule has 0 radical (unpaired) electrons. The lowest BCUT2D eigenvalue weighted by atomic mass is 10.1. The highest BCUT2D eigenvalue weighted by Crippen LogP contribution is 2.22. The van der Waals surface area contributed by atoms with Crippen molar-refractivity contribution in [1.29, 1.82) is 0 Å². The van der Waals surface area contributed by atoms with Crippen LogP contribution < -0.4 is 10.6 Å². The lowest BCUT2D eigenvalue weighted by molar-refractivity contribution is -0.120. The summed E-state index contributed by atoms with van der Waals surface area (Å²) in [4.78, 5) is 11.7. The Hall–Kier alpha value is -2.03. The number of fused-ring (bicyclic) bond motifs is 1. The summed E-state index contributed by atoms with van der Waals surface area (Å²) in [5.41, 5.74) is 0.998. The van der Waals surface area contributed by atoms with E-state index in [9.17, 15) is 4.79 Å². The molecule has 3 nitrogen and oxygen atoms in total. The van der Waals surface area contributed by atoms with Gasteiger partial charge in [0.05, 0.1) is 6.54 Å². The Morgan fingerprint density at radius 1 is 1.16 bits per heavy atom. The van der Waals surface area contributed by atoms with Gasteiger partial charge >= 0.3 is 0 Å². The number of hydrogen-bond donors (Lipinski definition) is 2. The molecule has 0 saturated carbocycles. The molecule has 3 heteroatoms. The summed E-state index contributed by atoms with van der Waals surface area (Å²) < 4.78 is 0. The van der Waals surface area contributed by atoms with Gasteiger partial charge < -0.3 is 10.6 Å². The largest absolute Gasteiger partial charge is 0.376 e. The standard InChI is InChI=1S/C16H20N2O/c1-3-12(2)18-16(19)11-17-15-10-6-8-13-7-4-5-9-14(13)15/h4-10,12,17H,3,11H2,1-2H3,(H,18,19). The zero-order valence-electron chi connectivity index (χ0n) is 11.4. The number of carbonyl (C=O) groups excluding carboxylic acids is 1. The maximum absolute atomic E-state index is 11.7. The highest BCUT2D eigenvalue weighted by molar-refractivity contribution is 5.95. The Morgan fingerprint density at radius 2 is 1.89 bits per heavy atom. The Balaban J connectivity index is 2.04. The summed E-state index contributed by atoms with van der Waals surface area (Å²) in [6.45, 7) is 4.37. The molecule has 0 heterocycles. The molecular weight excluding hydrogens is 236 g/mol. The zero-order chi connectivity index (χ0) is 13.7. The van der Waals surface area contributed by atoms with Gasteiger partial charge in [0, 0.05) is 17.1 Å². The molecular formula is C16H20N2O. The van der Waals surface area contributed by atoms with Gasteiger partial charge in [-0.2, -0.15) is 0 Å². The molecule has 0 aromatic heterocycles. The van der Waals surface area contributed by atoms with E-state index >= 15 is 0 Å². The molecule has 19 heavy (non-hydrogen) atoms. The second-order valence-corrected chi connectivity index (χ2v) is 4.76. The van der Waals surface area contributed by atoms with Crippen LogP contribution in [0.2, 0.25) is 0 Å². The van der Waals surface area contributed by atoms with E-state index < -0.39 is 0 Å². The minimum atomic E-state index is 0.0299. The first-order valence-electron chi connectivity index (χ1n) is 6.71. The van der Waals surface area contributed by atoms with Crippen molar-refractivity contribution < 1.29 is 4.79 Å². The van der Waals surface area contributed by atoms with Gasteiger partial charge in [0.2, 0.25) is 5.91 Å². The van der Waals surface area contributed by atoms with E-state index in [0.29, 0.717) is 6.54 Å². The molecule has 1 unspecified atom stereocenters. The third-order valence-corrected chi connectivity index (χ3v) is 3.25. The quantitative estimate of drug-likeness (QED) is 0.862. The second kappa shape index (κ2) is 6.23. The molecule has 2 N–H and O–H groups in total. The predicted octanol–water partition coefficient (Wildman–Crippen LogP) is 3.17. The van der Waals surface area contributed by atoms with Crippen molar-refractivity contribution in [2.75, 3.05) is 11.9 Å². The van der Waals surface area contributed by atoms with Gasteiger partial charge in [-0.05, 0) is 24.8 Å². The molecule has 0 saturated heterocycles. The van der Waals surface area contributed by atoms with Gasteiger partial charge in [-0.15, -0.1) is 0 Å². The lowest BCUT2D eigenvalue weighted by Gasteiger charge is -2.13. The zero-order valence-corrected chi connectivity index (χ0v) is 11.4. The van der Waals surface area contributed by atoms with Crippen LogP contribution in [-0.4, -0.2) is 18.5 Å². The minimum absolute atomic E-state index is 0.0299. The summed E-state index contributed by atoms with van der Waals surface area (Å²) >= 11 is 0. The van der Waals surface area contributed by atoms with Crippen LogP contribution in [0.15, 0.2) is 42.5 Å². The Labute approximate surface area is 114 Å². The molecule has 100 valence electrons. The number of benzene rings is 2. The van der Waals surface area contributed by atoms with Crippen molar-refractivity contribution in [1.82, 2.24) is 5.32 Å². The second-order valence-electron chi connectivity index (χ2n) is 4.76. The maximum atomic E-state index is 11.7. The molecule has 2 aromatic carbocycles. The molecule has 1 atom stereocenters. The van der Waals surface area contributed by atoms with Crippen LogP contribution >= 0.6 is 0 Å². The monoisotopic (exact) mass is 256 g/mol. The van der Waals surface area contributed by atoms with E-state index in [4.69, 9.17) is 0 Å². The highest BCUT2D eigenvalue weighted by atomic mass is 16.1. The summed E-state index contributed by atoms with van der Waals surface area (Å²) in [5.74, 6) is 0.0299. The third-order valence-electron chi connectivity index (χ3n) is 3.25. The van der Waals surface area contributed by atoms with Crippen molar-refractivity contribution in [2.24, 2.45) is 0 Å². The van der Waals surface area contributed by atoms with Crippen LogP contribution in [0.5, 0.6) is 0 Å². The van der Waals surface area contributed by atoms with Crippen LogP contribution in [-0.2, 0) is 4.79 Å². The normalized spacial score (nSPS) is 12.1. The summed E-state index contributed by atoms with van der Waals surface area (Å²) in [7, 11) is 0. The Bertz CT molecular complexity index is 560. The summed E-state index contributed by atoms with van der Waals surface area (Å²) in [6, 6.07) is 14.4. The van der Waals surface area contributed by atoms with E-state index in [1.807, 2.05) is 31.2 Å². The number of nitrogens with one attached hydrogen (secondary N) is 2. The van der Waals surface area contributed by atoms with Gasteiger partial charge in [-0.1, -0.05) is 43.3 Å². The van der Waals surface area contributed by atoms with Crippen molar-refractivity contribution in [3.63, 3.8) is 0 Å². The van der Waals surface area contributed by atoms with Gasteiger partial charge in [-0.3, -0.25) is 4.79 Å². The van der Waals surface area contributed by atoms with Crippen LogP contribution in [0.4, 0.5) is 5.69 Å². The maximum Gasteiger partial charge on any atom is 0.239 e. The fourth-order valence-corrected chi connectivity index (χ4v) is 1.98. The fraction of sp³-hybridized carbons (Fsp3) is 0.312. The van der Waals surface area contributed by atoms with Gasteiger partial charge in [0.1, 0.15) is 0 Å². The Kier molecular flexibility index (Phi) is 4.39. The molecule has 1 amide bonds. The molecule has 0 aliphatic rings. The molecule has 0 aliphatic heterocycles. The van der Waals surface area contributed by atoms with Crippen molar-refractivity contribution in [3.05, 3.63) is 42.5 Å². The van der Waals surface area contributed by atoms with Crippen molar-refractivity contribution in [3.8, 4) is 0 Å². The summed E-state index contributed by atoms with van der Waals surface area (Å²) in [5, 5.41) is 8.47. The van der Waals surface area contributed by atoms with E-state index in [1.165, 1.54) is 5.39 Å². The van der Waals surface area contributed by atoms with E-state index in [1.54, 1.807) is 0 Å². The van der Waals surface area contributed by atoms with Gasteiger partial charge in [-0.25, -0.2) is 0 Å². The number of amides is 1. The van der Waals surface area contributed by atoms with Gasteiger partial charge in [0.15, 0.2) is 0 Å². The van der Waals surface area contributed by atoms with Gasteiger partial charge in [0.25, 0.3) is 0 Å². The van der Waals surface area contributed by atoms with Crippen LogP contribution in [0.3, 0.4) is 0 Å². The van der Waals surface area contributed by atoms with E-state index in [-0.39, 0.29) is 11.9 Å². The van der Waals surface area contributed by atoms with Crippen molar-refractivity contribution in [2.45, 2.75) is 26.3 Å². The molecule has 0 spiro atoms. The van der Waals surface area contributed by atoms with E-state index in [0.717, 1.165) is 17.5 Å². The molecule has 2 aromatic rings. The molecule has 2 rings (SSSR count). The first kappa shape index (κ1) is 13.4. The van der Waals surface area contributed by atoms with Crippen LogP contribution in [0, 0.1) is 0 Å². The third kappa shape index (κ3) is 3.47. The first-order chi connectivity index (χ1) is 9.20. The summed E-state index contributed by atoms with van der Waals surface area (Å²) in [6.07, 6.45) is 0.944. The van der Waals surface area contributed by atoms with Crippen molar-refractivity contribution >= 4 is 22.4 Å². The Morgan fingerprint density at radius 3 is 2.68 bits per heavy atom. The SMILES string of the molecule is CCC(C)NC(=O)CNc1cccc2ccccc12. The van der Waals surface area contributed by atoms with Crippen LogP contribution in [0.1, 0.15) is 20.3 Å². The highest BCUT2D eigenvalue weighted by Gasteiger charge is 2.06. The number of carbonyl (C=O) groups is 1. The first-order valence-corrected chi connectivity index (χ1v) is 6.71. The predicted molar refractivity (Wildman–Crippen MR) is 80.3 cm³/mol. The smallest absolute Gasteiger partial charge is 0.239 e.